The summed E-state index contributed by atoms with van der Waals surface area (Å²) in [6, 6.07) is 11.3. The number of carbonyl (C=O) groups excluding carboxylic acids is 2. The second-order valence-electron chi connectivity index (χ2n) is 8.09. The van der Waals surface area contributed by atoms with Gasteiger partial charge in [0.2, 0.25) is 0 Å². The third-order valence-corrected chi connectivity index (χ3v) is 6.25. The number of Topliss-reactive ketones (excluding diaryl/α,β-unsaturated/α-hetero) is 1. The van der Waals surface area contributed by atoms with Crippen molar-refractivity contribution >= 4 is 17.4 Å². The molecule has 0 spiro atoms. The van der Waals surface area contributed by atoms with Crippen LogP contribution in [0.5, 0.6) is 17.2 Å². The number of ether oxygens (including phenoxy) is 3. The minimum absolute atomic E-state index is 0.0472. The Labute approximate surface area is 206 Å². The summed E-state index contributed by atoms with van der Waals surface area (Å²) in [5.41, 5.74) is 1.13. The highest BCUT2D eigenvalue weighted by Crippen LogP contribution is 2.42. The van der Waals surface area contributed by atoms with Gasteiger partial charge in [0.05, 0.1) is 32.4 Å². The summed E-state index contributed by atoms with van der Waals surface area (Å²) >= 11 is 0. The monoisotopic (exact) mass is 482 g/mol. The van der Waals surface area contributed by atoms with Gasteiger partial charge < -0.3 is 29.1 Å². The van der Waals surface area contributed by atoms with E-state index in [9.17, 15) is 14.7 Å². The van der Waals surface area contributed by atoms with Crippen molar-refractivity contribution in [3.63, 3.8) is 0 Å². The van der Waals surface area contributed by atoms with E-state index in [1.165, 1.54) is 12.0 Å². The van der Waals surface area contributed by atoms with E-state index in [0.717, 1.165) is 13.1 Å². The first-order chi connectivity index (χ1) is 16.9. The lowest BCUT2D eigenvalue weighted by atomic mass is 9.95. The molecule has 1 atom stereocenters. The van der Waals surface area contributed by atoms with Crippen LogP contribution in [-0.4, -0.2) is 73.6 Å². The van der Waals surface area contributed by atoms with Crippen LogP contribution in [0.15, 0.2) is 48.0 Å². The predicted octanol–water partition coefficient (Wildman–Crippen LogP) is 3.87. The van der Waals surface area contributed by atoms with Crippen LogP contribution >= 0.6 is 0 Å². The largest absolute Gasteiger partial charge is 0.507 e. The van der Waals surface area contributed by atoms with Crippen molar-refractivity contribution in [1.29, 1.82) is 0 Å². The van der Waals surface area contributed by atoms with Crippen LogP contribution in [0.2, 0.25) is 0 Å². The molecule has 3 rings (SSSR count). The van der Waals surface area contributed by atoms with E-state index in [1.54, 1.807) is 49.6 Å². The first kappa shape index (κ1) is 26.1. The fourth-order valence-electron chi connectivity index (χ4n) is 4.30. The van der Waals surface area contributed by atoms with Gasteiger partial charge in [-0.15, -0.1) is 0 Å². The first-order valence-electron chi connectivity index (χ1n) is 11.9. The minimum Gasteiger partial charge on any atom is -0.507 e. The average Bonchev–Trinajstić information content (AvgIpc) is 3.14. The van der Waals surface area contributed by atoms with Gasteiger partial charge in [-0.3, -0.25) is 9.59 Å². The SMILES string of the molecule is CCOc1ccc(C(O)=C2C(=O)C(=O)N(CCN(CC)CC)[C@@H]2c2ccc(OC)c(OC)c2)cc1. The molecule has 1 fully saturated rings. The van der Waals surface area contributed by atoms with Gasteiger partial charge in [-0.1, -0.05) is 19.9 Å². The third kappa shape index (κ3) is 5.43. The van der Waals surface area contributed by atoms with Gasteiger partial charge in [-0.2, -0.15) is 0 Å². The number of rotatable bonds is 11. The maximum Gasteiger partial charge on any atom is 0.295 e. The van der Waals surface area contributed by atoms with Gasteiger partial charge in [0.25, 0.3) is 11.7 Å². The number of likely N-dealkylation sites (N-methyl/N-ethyl adjacent to an activating group) is 1. The van der Waals surface area contributed by atoms with Crippen LogP contribution < -0.4 is 14.2 Å². The summed E-state index contributed by atoms with van der Waals surface area (Å²) in [7, 11) is 3.07. The summed E-state index contributed by atoms with van der Waals surface area (Å²) in [5, 5.41) is 11.2. The van der Waals surface area contributed by atoms with Crippen molar-refractivity contribution in [3.8, 4) is 17.2 Å². The molecule has 1 aliphatic heterocycles. The quantitative estimate of drug-likeness (QED) is 0.296. The Morgan fingerprint density at radius 2 is 1.63 bits per heavy atom. The van der Waals surface area contributed by atoms with Crippen LogP contribution in [-0.2, 0) is 9.59 Å². The normalized spacial score (nSPS) is 17.2. The van der Waals surface area contributed by atoms with Crippen LogP contribution in [0.25, 0.3) is 5.76 Å². The lowest BCUT2D eigenvalue weighted by Crippen LogP contribution is -2.38. The molecule has 0 aromatic heterocycles. The number of hydrogen-bond acceptors (Lipinski definition) is 7. The molecule has 0 aliphatic carbocycles. The maximum atomic E-state index is 13.2. The number of hydrogen-bond donors (Lipinski definition) is 1. The van der Waals surface area contributed by atoms with E-state index < -0.39 is 17.7 Å². The molecule has 2 aromatic carbocycles. The maximum absolute atomic E-state index is 13.2. The molecular weight excluding hydrogens is 448 g/mol. The van der Waals surface area contributed by atoms with E-state index in [0.29, 0.717) is 48.1 Å². The molecular formula is C27H34N2O6. The van der Waals surface area contributed by atoms with Gasteiger partial charge in [0, 0.05) is 18.7 Å². The summed E-state index contributed by atoms with van der Waals surface area (Å²) in [5.74, 6) is 0.0834. The topological polar surface area (TPSA) is 88.5 Å². The number of ketones is 1. The van der Waals surface area contributed by atoms with Crippen molar-refractivity contribution in [2.45, 2.75) is 26.8 Å². The number of methoxy groups -OCH3 is 2. The predicted molar refractivity (Wildman–Crippen MR) is 134 cm³/mol. The zero-order chi connectivity index (χ0) is 25.5. The molecule has 188 valence electrons. The highest BCUT2D eigenvalue weighted by atomic mass is 16.5. The Balaban J connectivity index is 2.12. The highest BCUT2D eigenvalue weighted by molar-refractivity contribution is 6.46. The second kappa shape index (κ2) is 11.8. The fourth-order valence-corrected chi connectivity index (χ4v) is 4.30. The molecule has 1 saturated heterocycles. The highest BCUT2D eigenvalue weighted by Gasteiger charge is 2.46. The summed E-state index contributed by atoms with van der Waals surface area (Å²) in [6.45, 7) is 9.10. The molecule has 1 aliphatic rings. The summed E-state index contributed by atoms with van der Waals surface area (Å²) in [6.07, 6.45) is 0. The molecule has 0 bridgehead atoms. The molecule has 8 nitrogen and oxygen atoms in total. The van der Waals surface area contributed by atoms with E-state index >= 15 is 0 Å². The zero-order valence-corrected chi connectivity index (χ0v) is 21.0. The molecule has 1 N–H and O–H groups in total. The minimum atomic E-state index is -0.767. The van der Waals surface area contributed by atoms with Crippen LogP contribution in [0.1, 0.15) is 37.9 Å². The number of carbonyl (C=O) groups is 2. The Bertz CT molecular complexity index is 1080. The van der Waals surface area contributed by atoms with Gasteiger partial charge >= 0.3 is 0 Å². The number of nitrogens with zero attached hydrogens (tertiary/aromatic N) is 2. The molecule has 0 unspecified atom stereocenters. The van der Waals surface area contributed by atoms with Crippen molar-refractivity contribution in [2.24, 2.45) is 0 Å². The molecule has 8 heteroatoms. The molecule has 1 amide bonds. The number of amides is 1. The molecule has 35 heavy (non-hydrogen) atoms. The molecule has 2 aromatic rings. The molecule has 1 heterocycles. The lowest BCUT2D eigenvalue weighted by Gasteiger charge is -2.28. The van der Waals surface area contributed by atoms with Crippen molar-refractivity contribution in [3.05, 3.63) is 59.2 Å². The first-order valence-corrected chi connectivity index (χ1v) is 11.9. The van der Waals surface area contributed by atoms with Crippen LogP contribution in [0.4, 0.5) is 0 Å². The van der Waals surface area contributed by atoms with Crippen LogP contribution in [0, 0.1) is 0 Å². The van der Waals surface area contributed by atoms with Crippen LogP contribution in [0.3, 0.4) is 0 Å². The molecule has 0 saturated carbocycles. The molecule has 0 radical (unpaired) electrons. The number of aliphatic hydroxyl groups excluding tert-OH is 1. The average molecular weight is 483 g/mol. The Morgan fingerprint density at radius 3 is 2.20 bits per heavy atom. The van der Waals surface area contributed by atoms with Crippen molar-refractivity contribution in [2.75, 3.05) is 47.0 Å². The Kier molecular flexibility index (Phi) is 8.76. The number of aliphatic hydroxyl groups is 1. The smallest absolute Gasteiger partial charge is 0.295 e. The Morgan fingerprint density at radius 1 is 0.971 bits per heavy atom. The van der Waals surface area contributed by atoms with E-state index in [2.05, 4.69) is 18.7 Å². The zero-order valence-electron chi connectivity index (χ0n) is 21.0. The number of likely N-dealkylation sites (tertiary alicyclic amines) is 1. The third-order valence-electron chi connectivity index (χ3n) is 6.25. The summed E-state index contributed by atoms with van der Waals surface area (Å²) in [4.78, 5) is 30.1. The number of benzene rings is 2. The standard InChI is InChI=1S/C27H34N2O6/c1-6-28(7-2)15-16-29-24(19-11-14-21(33-4)22(17-19)34-5)23(26(31)27(29)32)25(30)18-9-12-20(13-10-18)35-8-3/h9-14,17,24,30H,6-8,15-16H2,1-5H3/t24-/m1/s1. The second-order valence-corrected chi connectivity index (χ2v) is 8.09. The van der Waals surface area contributed by atoms with E-state index in [1.807, 2.05) is 6.92 Å². The van der Waals surface area contributed by atoms with E-state index in [4.69, 9.17) is 14.2 Å². The summed E-state index contributed by atoms with van der Waals surface area (Å²) < 4.78 is 16.3. The van der Waals surface area contributed by atoms with Crippen molar-refractivity contribution < 1.29 is 28.9 Å². The fraction of sp³-hybridized carbons (Fsp3) is 0.407. The van der Waals surface area contributed by atoms with Gasteiger partial charge in [-0.25, -0.2) is 0 Å². The van der Waals surface area contributed by atoms with Crippen molar-refractivity contribution in [1.82, 2.24) is 9.80 Å². The Hall–Kier alpha value is -3.52. The van der Waals surface area contributed by atoms with Gasteiger partial charge in [0.15, 0.2) is 11.5 Å². The van der Waals surface area contributed by atoms with Gasteiger partial charge in [-0.05, 0) is 62.0 Å². The van der Waals surface area contributed by atoms with Gasteiger partial charge in [0.1, 0.15) is 11.5 Å². The lowest BCUT2D eigenvalue weighted by molar-refractivity contribution is -0.140. The van der Waals surface area contributed by atoms with E-state index in [-0.39, 0.29) is 11.3 Å².